The van der Waals surface area contributed by atoms with Crippen LogP contribution in [0.5, 0.6) is 0 Å². The quantitative estimate of drug-likeness (QED) is 0.755. The molecule has 1 heterocycles. The van der Waals surface area contributed by atoms with E-state index in [1.165, 1.54) is 0 Å². The minimum absolute atomic E-state index is 0.0478. The molecule has 0 aliphatic carbocycles. The summed E-state index contributed by atoms with van der Waals surface area (Å²) in [5.41, 5.74) is 4.99. The third kappa shape index (κ3) is 4.45. The number of carbonyl (C=O) groups excluding carboxylic acids is 2. The highest BCUT2D eigenvalue weighted by Crippen LogP contribution is 2.09. The van der Waals surface area contributed by atoms with Gasteiger partial charge in [0.05, 0.1) is 12.1 Å². The number of piperazine rings is 1. The fourth-order valence-electron chi connectivity index (χ4n) is 2.30. The topological polar surface area (TPSA) is 69.9 Å². The minimum atomic E-state index is -0.840. The largest absolute Gasteiger partial charge is 0.338 e. The van der Waals surface area contributed by atoms with Crippen LogP contribution >= 0.6 is 0 Å². The second kappa shape index (κ2) is 7.04. The van der Waals surface area contributed by atoms with E-state index >= 15 is 0 Å². The molecule has 2 amide bonds. The first-order valence-electron chi connectivity index (χ1n) is 7.38. The standard InChI is InChI=1S/C14H28N4O2/c1-5-16(6-2)11-12(19)17-7-9-18(10-8-17)13(20)14(3,4)15/h5-11,15H2,1-4H3. The van der Waals surface area contributed by atoms with Crippen molar-refractivity contribution in [3.8, 4) is 0 Å². The summed E-state index contributed by atoms with van der Waals surface area (Å²) in [7, 11) is 0. The van der Waals surface area contributed by atoms with Crippen LogP contribution in [-0.2, 0) is 9.59 Å². The monoisotopic (exact) mass is 284 g/mol. The van der Waals surface area contributed by atoms with Gasteiger partial charge in [0.15, 0.2) is 0 Å². The fraction of sp³-hybridized carbons (Fsp3) is 0.857. The first kappa shape index (κ1) is 16.9. The molecule has 6 nitrogen and oxygen atoms in total. The third-order valence-corrected chi connectivity index (χ3v) is 3.72. The number of amides is 2. The van der Waals surface area contributed by atoms with Crippen LogP contribution in [0.4, 0.5) is 0 Å². The Bertz CT molecular complexity index is 340. The maximum absolute atomic E-state index is 12.2. The lowest BCUT2D eigenvalue weighted by molar-refractivity contribution is -0.142. The average Bonchev–Trinajstić information content (AvgIpc) is 2.42. The normalized spacial score (nSPS) is 16.7. The Morgan fingerprint density at radius 2 is 1.50 bits per heavy atom. The molecule has 0 saturated carbocycles. The van der Waals surface area contributed by atoms with Gasteiger partial charge in [0.1, 0.15) is 0 Å². The molecule has 1 aliphatic rings. The van der Waals surface area contributed by atoms with Crippen molar-refractivity contribution in [2.24, 2.45) is 5.73 Å². The van der Waals surface area contributed by atoms with Gasteiger partial charge >= 0.3 is 0 Å². The Kier molecular flexibility index (Phi) is 5.95. The Morgan fingerprint density at radius 1 is 1.05 bits per heavy atom. The summed E-state index contributed by atoms with van der Waals surface area (Å²) in [5.74, 6) is 0.0983. The highest BCUT2D eigenvalue weighted by molar-refractivity contribution is 5.85. The summed E-state index contributed by atoms with van der Waals surface area (Å²) in [6.07, 6.45) is 0. The third-order valence-electron chi connectivity index (χ3n) is 3.72. The molecular formula is C14H28N4O2. The van der Waals surface area contributed by atoms with Gasteiger partial charge < -0.3 is 15.5 Å². The summed E-state index contributed by atoms with van der Waals surface area (Å²) < 4.78 is 0. The van der Waals surface area contributed by atoms with Crippen molar-refractivity contribution in [3.63, 3.8) is 0 Å². The fourth-order valence-corrected chi connectivity index (χ4v) is 2.30. The second-order valence-electron chi connectivity index (χ2n) is 5.86. The molecule has 1 fully saturated rings. The van der Waals surface area contributed by atoms with Gasteiger partial charge in [-0.25, -0.2) is 0 Å². The van der Waals surface area contributed by atoms with Crippen LogP contribution in [0.15, 0.2) is 0 Å². The molecule has 0 atom stereocenters. The molecule has 0 aromatic heterocycles. The molecule has 20 heavy (non-hydrogen) atoms. The smallest absolute Gasteiger partial charge is 0.242 e. The van der Waals surface area contributed by atoms with Crippen molar-refractivity contribution in [1.29, 1.82) is 0 Å². The molecule has 6 heteroatoms. The van der Waals surface area contributed by atoms with Crippen molar-refractivity contribution in [3.05, 3.63) is 0 Å². The summed E-state index contributed by atoms with van der Waals surface area (Å²) >= 11 is 0. The lowest BCUT2D eigenvalue weighted by Gasteiger charge is -2.38. The van der Waals surface area contributed by atoms with Crippen molar-refractivity contribution in [2.75, 3.05) is 45.8 Å². The molecule has 0 bridgehead atoms. The van der Waals surface area contributed by atoms with Crippen LogP contribution in [0.3, 0.4) is 0 Å². The van der Waals surface area contributed by atoms with Crippen LogP contribution in [-0.4, -0.2) is 77.9 Å². The minimum Gasteiger partial charge on any atom is -0.338 e. The van der Waals surface area contributed by atoms with E-state index in [9.17, 15) is 9.59 Å². The van der Waals surface area contributed by atoms with Gasteiger partial charge in [-0.05, 0) is 26.9 Å². The molecule has 1 rings (SSSR count). The summed E-state index contributed by atoms with van der Waals surface area (Å²) in [6, 6.07) is 0. The Morgan fingerprint density at radius 3 is 1.90 bits per heavy atom. The second-order valence-corrected chi connectivity index (χ2v) is 5.86. The lowest BCUT2D eigenvalue weighted by Crippen LogP contribution is -2.58. The van der Waals surface area contributed by atoms with Crippen LogP contribution in [0.25, 0.3) is 0 Å². The van der Waals surface area contributed by atoms with Gasteiger partial charge in [-0.1, -0.05) is 13.8 Å². The van der Waals surface area contributed by atoms with E-state index < -0.39 is 5.54 Å². The molecule has 0 aromatic carbocycles. The summed E-state index contributed by atoms with van der Waals surface area (Å²) in [5, 5.41) is 0. The van der Waals surface area contributed by atoms with Crippen LogP contribution in [0.2, 0.25) is 0 Å². The van der Waals surface area contributed by atoms with Crippen molar-refractivity contribution in [1.82, 2.24) is 14.7 Å². The SMILES string of the molecule is CCN(CC)CC(=O)N1CCN(C(=O)C(C)(C)N)CC1. The zero-order chi connectivity index (χ0) is 15.3. The van der Waals surface area contributed by atoms with E-state index in [-0.39, 0.29) is 11.8 Å². The number of hydrogen-bond donors (Lipinski definition) is 1. The number of carbonyl (C=O) groups is 2. The zero-order valence-corrected chi connectivity index (χ0v) is 13.2. The van der Waals surface area contributed by atoms with E-state index in [1.54, 1.807) is 18.7 Å². The molecule has 0 unspecified atom stereocenters. The van der Waals surface area contributed by atoms with E-state index in [0.717, 1.165) is 13.1 Å². The van der Waals surface area contributed by atoms with E-state index in [1.807, 2.05) is 4.90 Å². The number of hydrogen-bond acceptors (Lipinski definition) is 4. The van der Waals surface area contributed by atoms with Gasteiger partial charge in [-0.3, -0.25) is 14.5 Å². The van der Waals surface area contributed by atoms with Gasteiger partial charge in [0.2, 0.25) is 11.8 Å². The number of likely N-dealkylation sites (N-methyl/N-ethyl adjacent to an activating group) is 1. The highest BCUT2D eigenvalue weighted by Gasteiger charge is 2.31. The number of rotatable bonds is 5. The Labute approximate surface area is 121 Å². The summed E-state index contributed by atoms with van der Waals surface area (Å²) in [6.45, 7) is 12.1. The number of nitrogens with zero attached hydrogens (tertiary/aromatic N) is 3. The average molecular weight is 284 g/mol. The molecule has 0 aromatic rings. The molecule has 0 radical (unpaired) electrons. The first-order valence-corrected chi connectivity index (χ1v) is 7.38. The van der Waals surface area contributed by atoms with Gasteiger partial charge in [0.25, 0.3) is 0 Å². The van der Waals surface area contributed by atoms with Gasteiger partial charge in [0, 0.05) is 26.2 Å². The molecule has 0 spiro atoms. The Balaban J connectivity index is 2.46. The zero-order valence-electron chi connectivity index (χ0n) is 13.2. The van der Waals surface area contributed by atoms with Crippen LogP contribution < -0.4 is 5.73 Å². The maximum Gasteiger partial charge on any atom is 0.242 e. The van der Waals surface area contributed by atoms with Crippen LogP contribution in [0, 0.1) is 0 Å². The Hall–Kier alpha value is -1.14. The van der Waals surface area contributed by atoms with Crippen molar-refractivity contribution in [2.45, 2.75) is 33.2 Å². The maximum atomic E-state index is 12.2. The van der Waals surface area contributed by atoms with Gasteiger partial charge in [-0.2, -0.15) is 0 Å². The van der Waals surface area contributed by atoms with Crippen molar-refractivity contribution >= 4 is 11.8 Å². The molecule has 1 saturated heterocycles. The van der Waals surface area contributed by atoms with Crippen LogP contribution in [0.1, 0.15) is 27.7 Å². The molecule has 2 N–H and O–H groups in total. The first-order chi connectivity index (χ1) is 9.29. The van der Waals surface area contributed by atoms with Crippen molar-refractivity contribution < 1.29 is 9.59 Å². The molecule has 1 aliphatic heterocycles. The van der Waals surface area contributed by atoms with E-state index in [4.69, 9.17) is 5.73 Å². The summed E-state index contributed by atoms with van der Waals surface area (Å²) in [4.78, 5) is 29.9. The number of nitrogens with two attached hydrogens (primary N) is 1. The highest BCUT2D eigenvalue weighted by atomic mass is 16.2. The predicted octanol–water partition coefficient (Wildman–Crippen LogP) is -0.264. The van der Waals surface area contributed by atoms with E-state index in [0.29, 0.717) is 32.7 Å². The predicted molar refractivity (Wildman–Crippen MR) is 79.2 cm³/mol. The van der Waals surface area contributed by atoms with Gasteiger partial charge in [-0.15, -0.1) is 0 Å². The molecule has 116 valence electrons. The lowest BCUT2D eigenvalue weighted by atomic mass is 10.0. The molecular weight excluding hydrogens is 256 g/mol. The van der Waals surface area contributed by atoms with E-state index in [2.05, 4.69) is 18.7 Å².